The molecule has 19 heavy (non-hydrogen) atoms. The van der Waals surface area contributed by atoms with Gasteiger partial charge in [-0.25, -0.2) is 21.1 Å². The van der Waals surface area contributed by atoms with Gasteiger partial charge in [-0.15, -0.1) is 0 Å². The molecule has 1 fully saturated rings. The minimum atomic E-state index is -3.49. The van der Waals surface area contributed by atoms with Gasteiger partial charge in [0.05, 0.1) is 11.5 Å². The van der Waals surface area contributed by atoms with Crippen LogP contribution in [0.1, 0.15) is 26.2 Å². The van der Waals surface area contributed by atoms with Crippen molar-refractivity contribution < 1.29 is 16.8 Å². The van der Waals surface area contributed by atoms with Crippen LogP contribution in [0.2, 0.25) is 0 Å². The Morgan fingerprint density at radius 1 is 1.16 bits per heavy atom. The number of rotatable bonds is 7. The zero-order chi connectivity index (χ0) is 14.5. The first-order valence-electron chi connectivity index (χ1n) is 6.63. The van der Waals surface area contributed by atoms with Gasteiger partial charge in [0.2, 0.25) is 10.0 Å². The summed E-state index contributed by atoms with van der Waals surface area (Å²) in [5, 5.41) is 3.30. The number of piperidine rings is 1. The summed E-state index contributed by atoms with van der Waals surface area (Å²) in [5.41, 5.74) is 0. The van der Waals surface area contributed by atoms with E-state index in [4.69, 9.17) is 0 Å². The van der Waals surface area contributed by atoms with Crippen LogP contribution in [0.5, 0.6) is 0 Å². The zero-order valence-electron chi connectivity index (χ0n) is 11.6. The van der Waals surface area contributed by atoms with Crippen LogP contribution < -0.4 is 5.32 Å². The molecule has 1 heterocycles. The number of hydrogen-bond donors (Lipinski definition) is 1. The molecular weight excluding hydrogens is 288 g/mol. The SMILES string of the molecule is CCN(CC1CCCCN1)S(=O)(=O)CCS(C)(=O)=O. The van der Waals surface area contributed by atoms with Crippen LogP contribution in [0.25, 0.3) is 0 Å². The maximum absolute atomic E-state index is 12.1. The van der Waals surface area contributed by atoms with Crippen LogP contribution >= 0.6 is 0 Å². The number of sulfonamides is 1. The van der Waals surface area contributed by atoms with Crippen LogP contribution in [0.3, 0.4) is 0 Å². The van der Waals surface area contributed by atoms with Crippen molar-refractivity contribution in [1.82, 2.24) is 9.62 Å². The molecule has 1 N–H and O–H groups in total. The van der Waals surface area contributed by atoms with Crippen LogP contribution in [-0.2, 0) is 19.9 Å². The summed E-state index contributed by atoms with van der Waals surface area (Å²) in [5.74, 6) is -0.643. The molecule has 1 saturated heterocycles. The summed E-state index contributed by atoms with van der Waals surface area (Å²) in [4.78, 5) is 0. The van der Waals surface area contributed by atoms with Crippen molar-refractivity contribution in [1.29, 1.82) is 0 Å². The van der Waals surface area contributed by atoms with E-state index in [1.807, 2.05) is 0 Å². The Morgan fingerprint density at radius 2 is 1.84 bits per heavy atom. The maximum Gasteiger partial charge on any atom is 0.215 e. The summed E-state index contributed by atoms with van der Waals surface area (Å²) in [6.07, 6.45) is 4.27. The van der Waals surface area contributed by atoms with Crippen molar-refractivity contribution in [3.05, 3.63) is 0 Å². The van der Waals surface area contributed by atoms with Gasteiger partial charge >= 0.3 is 0 Å². The van der Waals surface area contributed by atoms with E-state index in [0.717, 1.165) is 32.1 Å². The Hall–Kier alpha value is -0.180. The second-order valence-corrected chi connectivity index (χ2v) is 9.39. The highest BCUT2D eigenvalue weighted by Gasteiger charge is 2.25. The molecule has 1 rings (SSSR count). The second-order valence-electron chi connectivity index (χ2n) is 5.04. The molecular formula is C11H24N2O4S2. The lowest BCUT2D eigenvalue weighted by atomic mass is 10.1. The minimum absolute atomic E-state index is 0.182. The number of likely N-dealkylation sites (N-methyl/N-ethyl adjacent to an activating group) is 1. The van der Waals surface area contributed by atoms with E-state index in [9.17, 15) is 16.8 Å². The van der Waals surface area contributed by atoms with Crippen LogP contribution in [-0.4, -0.2) is 64.6 Å². The second kappa shape index (κ2) is 7.01. The van der Waals surface area contributed by atoms with Gasteiger partial charge in [0.25, 0.3) is 0 Å². The molecule has 0 spiro atoms. The molecule has 8 heteroatoms. The van der Waals surface area contributed by atoms with Crippen molar-refractivity contribution in [3.8, 4) is 0 Å². The summed E-state index contributed by atoms with van der Waals surface area (Å²) < 4.78 is 47.8. The summed E-state index contributed by atoms with van der Waals surface area (Å²) >= 11 is 0. The Morgan fingerprint density at radius 3 is 2.32 bits per heavy atom. The molecule has 0 aromatic rings. The maximum atomic E-state index is 12.1. The standard InChI is InChI=1S/C11H24N2O4S2/c1-3-13(10-11-6-4-5-7-12-11)19(16,17)9-8-18(2,14)15/h11-12H,3-10H2,1-2H3. The fourth-order valence-electron chi connectivity index (χ4n) is 2.15. The Kier molecular flexibility index (Phi) is 6.22. The number of nitrogens with zero attached hydrogens (tertiary/aromatic N) is 1. The molecule has 0 aliphatic carbocycles. The van der Waals surface area contributed by atoms with Gasteiger partial charge in [-0.2, -0.15) is 0 Å². The fraction of sp³-hybridized carbons (Fsp3) is 1.00. The lowest BCUT2D eigenvalue weighted by Crippen LogP contribution is -2.46. The van der Waals surface area contributed by atoms with Crippen molar-refractivity contribution in [2.75, 3.05) is 37.4 Å². The highest BCUT2D eigenvalue weighted by molar-refractivity contribution is 7.93. The molecule has 0 aromatic heterocycles. The van der Waals surface area contributed by atoms with Gasteiger partial charge in [-0.1, -0.05) is 13.3 Å². The molecule has 1 aliphatic rings. The molecule has 0 radical (unpaired) electrons. The Balaban J connectivity index is 2.61. The number of sulfone groups is 1. The number of hydrogen-bond acceptors (Lipinski definition) is 5. The largest absolute Gasteiger partial charge is 0.313 e. The molecule has 0 saturated carbocycles. The molecule has 6 nitrogen and oxygen atoms in total. The average molecular weight is 312 g/mol. The van der Waals surface area contributed by atoms with Crippen molar-refractivity contribution >= 4 is 19.9 Å². The van der Waals surface area contributed by atoms with Gasteiger partial charge in [0.15, 0.2) is 0 Å². The summed E-state index contributed by atoms with van der Waals surface area (Å²) in [6, 6.07) is 0.182. The van der Waals surface area contributed by atoms with Crippen LogP contribution in [0.4, 0.5) is 0 Å². The van der Waals surface area contributed by atoms with Gasteiger partial charge in [-0.3, -0.25) is 0 Å². The minimum Gasteiger partial charge on any atom is -0.313 e. The molecule has 0 amide bonds. The van der Waals surface area contributed by atoms with Gasteiger partial charge in [0.1, 0.15) is 9.84 Å². The molecule has 0 bridgehead atoms. The van der Waals surface area contributed by atoms with Crippen molar-refractivity contribution in [3.63, 3.8) is 0 Å². The lowest BCUT2D eigenvalue weighted by molar-refractivity contribution is 0.320. The molecule has 0 aromatic carbocycles. The van der Waals surface area contributed by atoms with E-state index >= 15 is 0 Å². The normalized spacial score (nSPS) is 21.7. The van der Waals surface area contributed by atoms with E-state index in [2.05, 4.69) is 5.32 Å². The molecule has 1 atom stereocenters. The van der Waals surface area contributed by atoms with Crippen molar-refractivity contribution in [2.24, 2.45) is 0 Å². The third-order valence-corrected chi connectivity index (χ3v) is 6.41. The van der Waals surface area contributed by atoms with E-state index in [1.54, 1.807) is 6.92 Å². The highest BCUT2D eigenvalue weighted by atomic mass is 32.2. The Bertz CT molecular complexity index is 467. The fourth-order valence-corrected chi connectivity index (χ4v) is 5.26. The van der Waals surface area contributed by atoms with E-state index < -0.39 is 19.9 Å². The predicted octanol–water partition coefficient (Wildman–Crippen LogP) is -0.175. The lowest BCUT2D eigenvalue weighted by Gasteiger charge is -2.29. The predicted molar refractivity (Wildman–Crippen MR) is 76.4 cm³/mol. The molecule has 1 aliphatic heterocycles. The van der Waals surface area contributed by atoms with Crippen molar-refractivity contribution in [2.45, 2.75) is 32.2 Å². The van der Waals surface area contributed by atoms with E-state index in [1.165, 1.54) is 4.31 Å². The molecule has 114 valence electrons. The third-order valence-electron chi connectivity index (χ3n) is 3.29. The monoisotopic (exact) mass is 312 g/mol. The number of nitrogens with one attached hydrogen (secondary N) is 1. The third kappa shape index (κ3) is 6.20. The zero-order valence-corrected chi connectivity index (χ0v) is 13.3. The summed E-state index contributed by atoms with van der Waals surface area (Å²) in [6.45, 7) is 3.51. The summed E-state index contributed by atoms with van der Waals surface area (Å²) in [7, 11) is -6.74. The average Bonchev–Trinajstić information content (AvgIpc) is 2.34. The van der Waals surface area contributed by atoms with Crippen LogP contribution in [0.15, 0.2) is 0 Å². The van der Waals surface area contributed by atoms with E-state index in [-0.39, 0.29) is 17.5 Å². The smallest absolute Gasteiger partial charge is 0.215 e. The van der Waals surface area contributed by atoms with E-state index in [0.29, 0.717) is 13.1 Å². The Labute approximate surface area is 116 Å². The van der Waals surface area contributed by atoms with Gasteiger partial charge < -0.3 is 5.32 Å². The first-order valence-corrected chi connectivity index (χ1v) is 10.3. The quantitative estimate of drug-likeness (QED) is 0.705. The van der Waals surface area contributed by atoms with Crippen LogP contribution in [0, 0.1) is 0 Å². The topological polar surface area (TPSA) is 83.6 Å². The van der Waals surface area contributed by atoms with Gasteiger partial charge in [0, 0.05) is 25.4 Å². The first kappa shape index (κ1) is 16.9. The molecule has 1 unspecified atom stereocenters. The first-order chi connectivity index (χ1) is 8.74. The highest BCUT2D eigenvalue weighted by Crippen LogP contribution is 2.11. The van der Waals surface area contributed by atoms with Gasteiger partial charge in [-0.05, 0) is 19.4 Å².